The number of hydrogen-bond donors (Lipinski definition) is 1. The topological polar surface area (TPSA) is 66.5 Å². The Morgan fingerprint density at radius 3 is 2.44 bits per heavy atom. The predicted octanol–water partition coefficient (Wildman–Crippen LogP) is 3.48. The molecule has 0 radical (unpaired) electrons. The van der Waals surface area contributed by atoms with Crippen LogP contribution in [0.15, 0.2) is 47.4 Å². The summed E-state index contributed by atoms with van der Waals surface area (Å²) in [6.45, 7) is 4.28. The molecule has 146 valence electrons. The predicted molar refractivity (Wildman–Crippen MR) is 104 cm³/mol. The van der Waals surface area contributed by atoms with Crippen LogP contribution in [0.4, 0.5) is 4.39 Å². The standard InChI is InChI=1S/C19H22ClFN2O3S/c1-3-23(4-2)27(25,26)18-13-15(9-10-16(18)20)19(24)22-12-11-14-7-5-6-8-17(14)21/h5-10,13H,3-4,11-12H2,1-2H3,(H,22,24). The molecule has 0 aromatic heterocycles. The summed E-state index contributed by atoms with van der Waals surface area (Å²) in [4.78, 5) is 12.3. The van der Waals surface area contributed by atoms with Gasteiger partial charge in [-0.25, -0.2) is 12.8 Å². The molecule has 0 unspecified atom stereocenters. The molecule has 0 saturated heterocycles. The van der Waals surface area contributed by atoms with E-state index in [9.17, 15) is 17.6 Å². The van der Waals surface area contributed by atoms with Gasteiger partial charge in [-0.2, -0.15) is 4.31 Å². The van der Waals surface area contributed by atoms with Gasteiger partial charge in [-0.05, 0) is 36.2 Å². The highest BCUT2D eigenvalue weighted by molar-refractivity contribution is 7.89. The molecule has 0 bridgehead atoms. The average Bonchev–Trinajstić information content (AvgIpc) is 2.64. The normalized spacial score (nSPS) is 11.6. The summed E-state index contributed by atoms with van der Waals surface area (Å²) in [5, 5.41) is 2.73. The minimum atomic E-state index is -3.79. The summed E-state index contributed by atoms with van der Waals surface area (Å²) in [7, 11) is -3.79. The van der Waals surface area contributed by atoms with Gasteiger partial charge in [0.2, 0.25) is 10.0 Å². The van der Waals surface area contributed by atoms with Crippen LogP contribution in [0.5, 0.6) is 0 Å². The van der Waals surface area contributed by atoms with Gasteiger partial charge in [0.05, 0.1) is 5.02 Å². The Hall–Kier alpha value is -1.96. The van der Waals surface area contributed by atoms with E-state index < -0.39 is 15.9 Å². The van der Waals surface area contributed by atoms with Crippen LogP contribution in [-0.4, -0.2) is 38.3 Å². The third kappa shape index (κ3) is 5.06. The van der Waals surface area contributed by atoms with Crippen molar-refractivity contribution < 1.29 is 17.6 Å². The maximum absolute atomic E-state index is 13.6. The summed E-state index contributed by atoms with van der Waals surface area (Å²) in [5.41, 5.74) is 0.678. The largest absolute Gasteiger partial charge is 0.352 e. The molecule has 1 N–H and O–H groups in total. The van der Waals surface area contributed by atoms with Gasteiger partial charge in [-0.3, -0.25) is 4.79 Å². The number of amides is 1. The van der Waals surface area contributed by atoms with Crippen LogP contribution in [-0.2, 0) is 16.4 Å². The van der Waals surface area contributed by atoms with Crippen LogP contribution in [0.3, 0.4) is 0 Å². The lowest BCUT2D eigenvalue weighted by molar-refractivity contribution is 0.0954. The second kappa shape index (κ2) is 9.30. The Balaban J connectivity index is 2.15. The molecule has 0 aliphatic heterocycles. The molecular weight excluding hydrogens is 391 g/mol. The second-order valence-electron chi connectivity index (χ2n) is 5.83. The minimum absolute atomic E-state index is 0.0600. The molecule has 1 amide bonds. The molecule has 2 aromatic carbocycles. The maximum Gasteiger partial charge on any atom is 0.251 e. The molecule has 8 heteroatoms. The van der Waals surface area contributed by atoms with Crippen molar-refractivity contribution in [3.8, 4) is 0 Å². The summed E-state index contributed by atoms with van der Waals surface area (Å²) in [6.07, 6.45) is 0.330. The molecule has 0 aliphatic carbocycles. The third-order valence-corrected chi connectivity index (χ3v) is 6.69. The average molecular weight is 413 g/mol. The monoisotopic (exact) mass is 412 g/mol. The first-order valence-electron chi connectivity index (χ1n) is 8.62. The van der Waals surface area contributed by atoms with E-state index in [2.05, 4.69) is 5.32 Å². The molecule has 27 heavy (non-hydrogen) atoms. The van der Waals surface area contributed by atoms with Crippen LogP contribution in [0.25, 0.3) is 0 Å². The summed E-state index contributed by atoms with van der Waals surface area (Å²) in [5.74, 6) is -0.773. The molecule has 2 aromatic rings. The van der Waals surface area contributed by atoms with Crippen LogP contribution in [0.1, 0.15) is 29.8 Å². The lowest BCUT2D eigenvalue weighted by atomic mass is 10.1. The van der Waals surface area contributed by atoms with Crippen LogP contribution < -0.4 is 5.32 Å². The third-order valence-electron chi connectivity index (χ3n) is 4.15. The molecule has 0 spiro atoms. The zero-order valence-corrected chi connectivity index (χ0v) is 16.8. The minimum Gasteiger partial charge on any atom is -0.352 e. The van der Waals surface area contributed by atoms with Crippen LogP contribution in [0, 0.1) is 5.82 Å². The SMILES string of the molecule is CCN(CC)S(=O)(=O)c1cc(C(=O)NCCc2ccccc2F)ccc1Cl. The van der Waals surface area contributed by atoms with E-state index in [0.29, 0.717) is 25.1 Å². The van der Waals surface area contributed by atoms with Crippen molar-refractivity contribution in [2.75, 3.05) is 19.6 Å². The van der Waals surface area contributed by atoms with Crippen molar-refractivity contribution in [1.29, 1.82) is 0 Å². The van der Waals surface area contributed by atoms with E-state index >= 15 is 0 Å². The van der Waals surface area contributed by atoms with Gasteiger partial charge >= 0.3 is 0 Å². The Morgan fingerprint density at radius 2 is 1.81 bits per heavy atom. The Labute approximate surface area is 164 Å². The van der Waals surface area contributed by atoms with Gasteiger partial charge in [-0.15, -0.1) is 0 Å². The molecule has 0 heterocycles. The first kappa shape index (κ1) is 21.3. The number of sulfonamides is 1. The first-order valence-corrected chi connectivity index (χ1v) is 10.4. The number of carbonyl (C=O) groups excluding carboxylic acids is 1. The highest BCUT2D eigenvalue weighted by Crippen LogP contribution is 2.25. The van der Waals surface area contributed by atoms with E-state index in [1.165, 1.54) is 28.6 Å². The second-order valence-corrected chi connectivity index (χ2v) is 8.15. The van der Waals surface area contributed by atoms with Crippen molar-refractivity contribution in [2.24, 2.45) is 0 Å². The summed E-state index contributed by atoms with van der Waals surface area (Å²) in [6, 6.07) is 10.5. The summed E-state index contributed by atoms with van der Waals surface area (Å²) >= 11 is 6.07. The van der Waals surface area contributed by atoms with E-state index in [4.69, 9.17) is 11.6 Å². The zero-order valence-electron chi connectivity index (χ0n) is 15.2. The van der Waals surface area contributed by atoms with Crippen LogP contribution in [0.2, 0.25) is 5.02 Å². The molecule has 2 rings (SSSR count). The highest BCUT2D eigenvalue weighted by Gasteiger charge is 2.25. The van der Waals surface area contributed by atoms with Crippen molar-refractivity contribution in [3.05, 3.63) is 64.4 Å². The van der Waals surface area contributed by atoms with Gasteiger partial charge in [0.15, 0.2) is 0 Å². The lowest BCUT2D eigenvalue weighted by Crippen LogP contribution is -2.31. The van der Waals surface area contributed by atoms with Gasteiger partial charge in [-0.1, -0.05) is 43.6 Å². The maximum atomic E-state index is 13.6. The fraction of sp³-hybridized carbons (Fsp3) is 0.316. The van der Waals surface area contributed by atoms with E-state index in [1.54, 1.807) is 32.0 Å². The molecule has 0 aliphatic rings. The molecular formula is C19H22ClFN2O3S. The fourth-order valence-corrected chi connectivity index (χ4v) is 4.62. The van der Waals surface area contributed by atoms with Gasteiger partial charge < -0.3 is 5.32 Å². The van der Waals surface area contributed by atoms with Crippen molar-refractivity contribution in [2.45, 2.75) is 25.2 Å². The number of halogens is 2. The fourth-order valence-electron chi connectivity index (χ4n) is 2.66. The summed E-state index contributed by atoms with van der Waals surface area (Å²) < 4.78 is 40.3. The Bertz CT molecular complexity index is 915. The quantitative estimate of drug-likeness (QED) is 0.721. The van der Waals surface area contributed by atoms with E-state index in [1.807, 2.05) is 0 Å². The van der Waals surface area contributed by atoms with Gasteiger partial charge in [0, 0.05) is 25.2 Å². The van der Waals surface area contributed by atoms with Crippen molar-refractivity contribution in [3.63, 3.8) is 0 Å². The van der Waals surface area contributed by atoms with Gasteiger partial charge in [0.1, 0.15) is 10.7 Å². The smallest absolute Gasteiger partial charge is 0.251 e. The molecule has 0 atom stereocenters. The number of rotatable bonds is 8. The van der Waals surface area contributed by atoms with Gasteiger partial charge in [0.25, 0.3) is 5.91 Å². The van der Waals surface area contributed by atoms with Crippen LogP contribution >= 0.6 is 11.6 Å². The van der Waals surface area contributed by atoms with Crippen molar-refractivity contribution in [1.82, 2.24) is 9.62 Å². The number of hydrogen-bond acceptors (Lipinski definition) is 3. The lowest BCUT2D eigenvalue weighted by Gasteiger charge is -2.19. The zero-order chi connectivity index (χ0) is 20.0. The number of carbonyl (C=O) groups is 1. The molecule has 0 fully saturated rings. The molecule has 5 nitrogen and oxygen atoms in total. The van der Waals surface area contributed by atoms with E-state index in [0.717, 1.165) is 0 Å². The number of nitrogens with one attached hydrogen (secondary N) is 1. The highest BCUT2D eigenvalue weighted by atomic mass is 35.5. The van der Waals surface area contributed by atoms with E-state index in [-0.39, 0.29) is 27.8 Å². The Kier molecular flexibility index (Phi) is 7.35. The number of benzene rings is 2. The number of nitrogens with zero attached hydrogens (tertiary/aromatic N) is 1. The van der Waals surface area contributed by atoms with Crippen molar-refractivity contribution >= 4 is 27.5 Å². The molecule has 0 saturated carbocycles. The first-order chi connectivity index (χ1) is 12.8. The Morgan fingerprint density at radius 1 is 1.15 bits per heavy atom.